The van der Waals surface area contributed by atoms with E-state index in [1.54, 1.807) is 6.08 Å². The first-order valence-electron chi connectivity index (χ1n) is 11.7. The highest BCUT2D eigenvalue weighted by atomic mass is 35.5. The first-order chi connectivity index (χ1) is 18.0. The molecule has 38 heavy (non-hydrogen) atoms. The maximum absolute atomic E-state index is 13.8. The Bertz CT molecular complexity index is 1510. The van der Waals surface area contributed by atoms with Crippen molar-refractivity contribution in [2.75, 3.05) is 13.1 Å². The van der Waals surface area contributed by atoms with Gasteiger partial charge in [-0.2, -0.15) is 23.0 Å². The monoisotopic (exact) mass is 549 g/mol. The topological polar surface area (TPSA) is 92.5 Å². The average molecular weight is 550 g/mol. The number of nitrogens with zero attached hydrogens (tertiary/aromatic N) is 3. The van der Waals surface area contributed by atoms with E-state index in [9.17, 15) is 37.1 Å². The van der Waals surface area contributed by atoms with Crippen molar-refractivity contribution in [1.29, 1.82) is 0 Å². The number of carboxylic acid groups (broad SMARTS) is 1. The maximum Gasteiger partial charge on any atom is 0.417 e. The number of allylic oxidation sites excluding steroid dienone is 2. The molecular formula is C26H20ClF4N3O4. The predicted octanol–water partition coefficient (Wildman–Crippen LogP) is 5.46. The van der Waals surface area contributed by atoms with Gasteiger partial charge < -0.3 is 10.0 Å². The lowest BCUT2D eigenvalue weighted by Crippen LogP contribution is -2.51. The third-order valence-corrected chi connectivity index (χ3v) is 7.16. The van der Waals surface area contributed by atoms with E-state index in [4.69, 9.17) is 11.6 Å². The van der Waals surface area contributed by atoms with Crippen LogP contribution in [0.4, 0.5) is 17.6 Å². The van der Waals surface area contributed by atoms with Gasteiger partial charge in [-0.3, -0.25) is 14.4 Å². The number of benzene rings is 2. The van der Waals surface area contributed by atoms with Crippen molar-refractivity contribution in [2.45, 2.75) is 31.6 Å². The lowest BCUT2D eigenvalue weighted by Gasteiger charge is -2.34. The number of alkyl halides is 4. The molecule has 1 aliphatic carbocycles. The molecule has 1 amide bonds. The minimum Gasteiger partial charge on any atom is -0.481 e. The molecular weight excluding hydrogens is 530 g/mol. The second-order valence-electron chi connectivity index (χ2n) is 9.30. The van der Waals surface area contributed by atoms with Crippen LogP contribution in [0.25, 0.3) is 16.5 Å². The Morgan fingerprint density at radius 2 is 1.82 bits per heavy atom. The maximum atomic E-state index is 13.8. The van der Waals surface area contributed by atoms with Gasteiger partial charge in [0.2, 0.25) is 0 Å². The van der Waals surface area contributed by atoms with E-state index < -0.39 is 52.2 Å². The van der Waals surface area contributed by atoms with Crippen LogP contribution in [0, 0.1) is 5.92 Å². The van der Waals surface area contributed by atoms with Gasteiger partial charge in [-0.05, 0) is 55.2 Å². The Labute approximate surface area is 218 Å². The van der Waals surface area contributed by atoms with E-state index >= 15 is 0 Å². The molecule has 1 aliphatic heterocycles. The van der Waals surface area contributed by atoms with Crippen LogP contribution in [0.2, 0.25) is 5.02 Å². The number of likely N-dealkylation sites (tertiary alicyclic amines) is 1. The number of halogens is 5. The van der Waals surface area contributed by atoms with Crippen molar-refractivity contribution in [1.82, 2.24) is 14.7 Å². The summed E-state index contributed by atoms with van der Waals surface area (Å²) in [5.74, 6) is -3.14. The van der Waals surface area contributed by atoms with Gasteiger partial charge in [-0.15, -0.1) is 0 Å². The van der Waals surface area contributed by atoms with Crippen molar-refractivity contribution in [3.63, 3.8) is 0 Å². The van der Waals surface area contributed by atoms with E-state index in [1.807, 2.05) is 0 Å². The van der Waals surface area contributed by atoms with Crippen molar-refractivity contribution >= 4 is 45.9 Å². The molecule has 1 N–H and O–H groups in total. The molecule has 198 valence electrons. The fraction of sp³-hybridized carbons (Fsp3) is 0.308. The molecule has 1 aromatic heterocycles. The van der Waals surface area contributed by atoms with Gasteiger partial charge in [-0.25, -0.2) is 4.39 Å². The minimum absolute atomic E-state index is 0.0717. The fourth-order valence-electron chi connectivity index (χ4n) is 4.77. The smallest absolute Gasteiger partial charge is 0.417 e. The number of aliphatic carboxylic acids is 1. The fourth-order valence-corrected chi connectivity index (χ4v) is 5.03. The minimum atomic E-state index is -4.87. The summed E-state index contributed by atoms with van der Waals surface area (Å²) in [7, 11) is 0. The van der Waals surface area contributed by atoms with E-state index in [-0.39, 0.29) is 30.6 Å². The molecule has 5 rings (SSSR count). The van der Waals surface area contributed by atoms with Gasteiger partial charge in [-0.1, -0.05) is 23.7 Å². The number of carboxylic acids is 1. The molecule has 2 aromatic carbocycles. The highest BCUT2D eigenvalue weighted by Gasteiger charge is 2.38. The van der Waals surface area contributed by atoms with Crippen LogP contribution in [-0.4, -0.2) is 56.8 Å². The van der Waals surface area contributed by atoms with Gasteiger partial charge in [0.25, 0.3) is 11.8 Å². The zero-order valence-electron chi connectivity index (χ0n) is 19.6. The van der Waals surface area contributed by atoms with Crippen LogP contribution in [0.3, 0.4) is 0 Å². The summed E-state index contributed by atoms with van der Waals surface area (Å²) >= 11 is 6.07. The van der Waals surface area contributed by atoms with Crippen LogP contribution >= 0.6 is 11.6 Å². The Balaban J connectivity index is 1.66. The van der Waals surface area contributed by atoms with Crippen molar-refractivity contribution in [3.05, 3.63) is 69.9 Å². The number of fused-ring (bicyclic) bond motifs is 1. The first kappa shape index (κ1) is 25.9. The zero-order chi connectivity index (χ0) is 27.4. The third kappa shape index (κ3) is 4.55. The summed E-state index contributed by atoms with van der Waals surface area (Å²) in [4.78, 5) is 39.0. The normalized spacial score (nSPS) is 18.3. The summed E-state index contributed by atoms with van der Waals surface area (Å²) in [6.45, 7) is -0.154. The van der Waals surface area contributed by atoms with E-state index in [0.29, 0.717) is 29.5 Å². The Kier molecular flexibility index (Phi) is 6.50. The number of hydrogen-bond donors (Lipinski definition) is 1. The largest absolute Gasteiger partial charge is 0.481 e. The van der Waals surface area contributed by atoms with E-state index in [0.717, 1.165) is 16.8 Å². The SMILES string of the molecule is O=C(O)C1CC=C(c2nn(C(=O)c3c(Cl)cccc3C(F)(F)F)c3cc(C(=O)N4CC(F)C4)ccc23)CC1. The second kappa shape index (κ2) is 9.54. The van der Waals surface area contributed by atoms with Gasteiger partial charge >= 0.3 is 12.1 Å². The van der Waals surface area contributed by atoms with Crippen molar-refractivity contribution < 1.29 is 37.1 Å². The number of hydrogen-bond acceptors (Lipinski definition) is 4. The standard InChI is InChI=1S/C26H20ClF4N3O4/c27-19-3-1-2-18(26(29,30)31)21(19)24(36)34-20-10-15(23(35)33-11-16(28)12-33)8-9-17(20)22(32-34)13-4-6-14(7-5-13)25(37)38/h1-4,8-10,14,16H,5-7,11-12H2,(H,37,38). The lowest BCUT2D eigenvalue weighted by atomic mass is 9.87. The molecule has 3 aromatic rings. The molecule has 1 atom stereocenters. The lowest BCUT2D eigenvalue weighted by molar-refractivity contribution is -0.142. The highest BCUT2D eigenvalue weighted by Crippen LogP contribution is 2.38. The number of carbonyl (C=O) groups is 3. The molecule has 1 fully saturated rings. The highest BCUT2D eigenvalue weighted by molar-refractivity contribution is 6.34. The quantitative estimate of drug-likeness (QED) is 0.436. The summed E-state index contributed by atoms with van der Waals surface area (Å²) in [5, 5.41) is 13.6. The number of carbonyl (C=O) groups excluding carboxylic acids is 2. The van der Waals surface area contributed by atoms with Crippen LogP contribution in [0.5, 0.6) is 0 Å². The second-order valence-corrected chi connectivity index (χ2v) is 9.71. The molecule has 0 bridgehead atoms. The van der Waals surface area contributed by atoms with Crippen LogP contribution in [0.15, 0.2) is 42.5 Å². The van der Waals surface area contributed by atoms with E-state index in [2.05, 4.69) is 5.10 Å². The molecule has 7 nitrogen and oxygen atoms in total. The van der Waals surface area contributed by atoms with Crippen molar-refractivity contribution in [2.24, 2.45) is 5.92 Å². The molecule has 2 aliphatic rings. The van der Waals surface area contributed by atoms with Gasteiger partial charge in [0.15, 0.2) is 0 Å². The summed E-state index contributed by atoms with van der Waals surface area (Å²) in [6.07, 6.45) is -3.44. The first-order valence-corrected chi connectivity index (χ1v) is 12.1. The molecule has 1 saturated heterocycles. The van der Waals surface area contributed by atoms with E-state index in [1.165, 1.54) is 29.2 Å². The molecule has 2 heterocycles. The van der Waals surface area contributed by atoms with Gasteiger partial charge in [0, 0.05) is 10.9 Å². The molecule has 0 radical (unpaired) electrons. The Hall–Kier alpha value is -3.73. The number of rotatable bonds is 4. The van der Waals surface area contributed by atoms with Gasteiger partial charge in [0.05, 0.1) is 46.4 Å². The summed E-state index contributed by atoms with van der Waals surface area (Å²) in [6, 6.07) is 7.35. The van der Waals surface area contributed by atoms with Crippen LogP contribution < -0.4 is 0 Å². The molecule has 1 unspecified atom stereocenters. The number of aromatic nitrogens is 2. The predicted molar refractivity (Wildman–Crippen MR) is 130 cm³/mol. The molecule has 12 heteroatoms. The van der Waals surface area contributed by atoms with Crippen LogP contribution in [0.1, 0.15) is 51.2 Å². The Morgan fingerprint density at radius 1 is 1.08 bits per heavy atom. The zero-order valence-corrected chi connectivity index (χ0v) is 20.4. The number of amides is 1. The third-order valence-electron chi connectivity index (χ3n) is 6.84. The van der Waals surface area contributed by atoms with Gasteiger partial charge in [0.1, 0.15) is 6.17 Å². The summed E-state index contributed by atoms with van der Waals surface area (Å²) < 4.78 is 55.4. The average Bonchev–Trinajstić information content (AvgIpc) is 3.24. The van der Waals surface area contributed by atoms with Crippen molar-refractivity contribution in [3.8, 4) is 0 Å². The van der Waals surface area contributed by atoms with Crippen LogP contribution in [-0.2, 0) is 11.0 Å². The molecule has 0 spiro atoms. The Morgan fingerprint density at radius 3 is 2.42 bits per heavy atom. The molecule has 0 saturated carbocycles. The summed E-state index contributed by atoms with van der Waals surface area (Å²) in [5.41, 5.74) is -0.906.